The second-order valence-corrected chi connectivity index (χ2v) is 8.73. The first-order chi connectivity index (χ1) is 13.1. The number of hydrogen-bond donors (Lipinski definition) is 2. The smallest absolute Gasteiger partial charge is 0.263 e. The normalized spacial score (nSPS) is 15.6. The molecule has 0 bridgehead atoms. The van der Waals surface area contributed by atoms with E-state index in [1.807, 2.05) is 31.4 Å². The second kappa shape index (κ2) is 9.43. The lowest BCUT2D eigenvalue weighted by atomic mass is 10.0. The number of likely N-dealkylation sites (tertiary alicyclic amines) is 1. The van der Waals surface area contributed by atoms with Crippen molar-refractivity contribution in [1.82, 2.24) is 20.5 Å². The summed E-state index contributed by atoms with van der Waals surface area (Å²) in [5.74, 6) is 0.0488. The molecular weight excluding hydrogens is 380 g/mol. The number of rotatable bonds is 7. The molecule has 3 heterocycles. The van der Waals surface area contributed by atoms with E-state index in [9.17, 15) is 9.59 Å². The van der Waals surface area contributed by atoms with Gasteiger partial charge in [0.05, 0.1) is 17.1 Å². The summed E-state index contributed by atoms with van der Waals surface area (Å²) in [5.41, 5.74) is 0.783. The maximum Gasteiger partial charge on any atom is 0.263 e. The first-order valence-corrected chi connectivity index (χ1v) is 11.1. The molecule has 1 fully saturated rings. The highest BCUT2D eigenvalue weighted by atomic mass is 32.1. The van der Waals surface area contributed by atoms with Crippen LogP contribution in [0.3, 0.4) is 0 Å². The molecule has 0 aromatic carbocycles. The Bertz CT molecular complexity index is 765. The predicted molar refractivity (Wildman–Crippen MR) is 110 cm³/mol. The lowest BCUT2D eigenvalue weighted by Crippen LogP contribution is -2.47. The molecule has 0 saturated carbocycles. The van der Waals surface area contributed by atoms with E-state index in [0.717, 1.165) is 54.5 Å². The van der Waals surface area contributed by atoms with Crippen LogP contribution < -0.4 is 10.6 Å². The Kier molecular flexibility index (Phi) is 6.98. The largest absolute Gasteiger partial charge is 0.355 e. The fourth-order valence-electron chi connectivity index (χ4n) is 3.12. The van der Waals surface area contributed by atoms with Crippen LogP contribution in [0.5, 0.6) is 0 Å². The molecule has 146 valence electrons. The number of amides is 2. The minimum Gasteiger partial charge on any atom is -0.355 e. The summed E-state index contributed by atoms with van der Waals surface area (Å²) < 4.78 is 0. The summed E-state index contributed by atoms with van der Waals surface area (Å²) in [6.45, 7) is 6.76. The zero-order chi connectivity index (χ0) is 19.2. The molecule has 8 heteroatoms. The van der Waals surface area contributed by atoms with E-state index in [2.05, 4.69) is 20.5 Å². The van der Waals surface area contributed by atoms with Gasteiger partial charge in [0.15, 0.2) is 0 Å². The first-order valence-electron chi connectivity index (χ1n) is 9.38. The minimum absolute atomic E-state index is 0.0352. The maximum absolute atomic E-state index is 12.7. The van der Waals surface area contributed by atoms with Crippen molar-refractivity contribution in [2.75, 3.05) is 26.2 Å². The van der Waals surface area contributed by atoms with Crippen molar-refractivity contribution >= 4 is 34.5 Å². The predicted octanol–water partition coefficient (Wildman–Crippen LogP) is 2.90. The molecule has 6 nitrogen and oxygen atoms in total. The van der Waals surface area contributed by atoms with Crippen LogP contribution in [-0.2, 0) is 4.79 Å². The highest BCUT2D eigenvalue weighted by molar-refractivity contribution is 7.22. The van der Waals surface area contributed by atoms with Crippen molar-refractivity contribution in [3.8, 4) is 9.88 Å². The fraction of sp³-hybridized carbons (Fsp3) is 0.526. The van der Waals surface area contributed by atoms with Gasteiger partial charge in [0.25, 0.3) is 5.91 Å². The summed E-state index contributed by atoms with van der Waals surface area (Å²) in [6, 6.07) is 4.17. The molecule has 27 heavy (non-hydrogen) atoms. The fourth-order valence-corrected chi connectivity index (χ4v) is 4.89. The van der Waals surface area contributed by atoms with Crippen molar-refractivity contribution in [3.05, 3.63) is 28.1 Å². The van der Waals surface area contributed by atoms with E-state index in [-0.39, 0.29) is 17.9 Å². The van der Waals surface area contributed by atoms with Gasteiger partial charge in [0.2, 0.25) is 5.91 Å². The third kappa shape index (κ3) is 5.37. The van der Waals surface area contributed by atoms with Gasteiger partial charge in [-0.2, -0.15) is 0 Å². The Balaban J connectivity index is 1.49. The van der Waals surface area contributed by atoms with Crippen molar-refractivity contribution in [3.63, 3.8) is 0 Å². The quantitative estimate of drug-likeness (QED) is 0.741. The number of aryl methyl sites for hydroxylation is 1. The first kappa shape index (κ1) is 20.0. The van der Waals surface area contributed by atoms with Crippen molar-refractivity contribution < 1.29 is 9.59 Å². The molecule has 0 aliphatic carbocycles. The SMILES string of the molecule is CCCNC(=O)CN1CCC(NC(=O)c2sc(-c3cccs3)nc2C)CC1. The van der Waals surface area contributed by atoms with Gasteiger partial charge in [-0.05, 0) is 37.6 Å². The average molecular weight is 407 g/mol. The number of carbonyl (C=O) groups is 2. The van der Waals surface area contributed by atoms with Gasteiger partial charge in [0, 0.05) is 25.7 Å². The van der Waals surface area contributed by atoms with E-state index in [1.165, 1.54) is 11.3 Å². The molecule has 2 aromatic heterocycles. The van der Waals surface area contributed by atoms with Crippen LogP contribution in [0, 0.1) is 6.92 Å². The zero-order valence-corrected chi connectivity index (χ0v) is 17.4. The molecule has 3 rings (SSSR count). The Labute approximate surface area is 168 Å². The van der Waals surface area contributed by atoms with E-state index in [1.54, 1.807) is 11.3 Å². The number of thiophene rings is 1. The minimum atomic E-state index is -0.0352. The highest BCUT2D eigenvalue weighted by Crippen LogP contribution is 2.31. The molecule has 2 N–H and O–H groups in total. The van der Waals surface area contributed by atoms with Gasteiger partial charge in [-0.25, -0.2) is 4.98 Å². The van der Waals surface area contributed by atoms with Crippen molar-refractivity contribution in [2.45, 2.75) is 39.2 Å². The summed E-state index contributed by atoms with van der Waals surface area (Å²) in [5, 5.41) is 8.98. The van der Waals surface area contributed by atoms with Crippen LogP contribution in [0.2, 0.25) is 0 Å². The van der Waals surface area contributed by atoms with Crippen LogP contribution >= 0.6 is 22.7 Å². The Morgan fingerprint density at radius 1 is 1.33 bits per heavy atom. The summed E-state index contributed by atoms with van der Waals surface area (Å²) in [7, 11) is 0. The van der Waals surface area contributed by atoms with Crippen LogP contribution in [-0.4, -0.2) is 53.9 Å². The van der Waals surface area contributed by atoms with Crippen LogP contribution in [0.25, 0.3) is 9.88 Å². The zero-order valence-electron chi connectivity index (χ0n) is 15.8. The molecular formula is C19H26N4O2S2. The third-order valence-electron chi connectivity index (χ3n) is 4.60. The Morgan fingerprint density at radius 3 is 2.78 bits per heavy atom. The van der Waals surface area contributed by atoms with Crippen LogP contribution in [0.4, 0.5) is 0 Å². The van der Waals surface area contributed by atoms with Crippen molar-refractivity contribution in [2.24, 2.45) is 0 Å². The number of nitrogens with one attached hydrogen (secondary N) is 2. The topological polar surface area (TPSA) is 74.3 Å². The molecule has 2 amide bonds. The highest BCUT2D eigenvalue weighted by Gasteiger charge is 2.24. The maximum atomic E-state index is 12.7. The molecule has 0 unspecified atom stereocenters. The summed E-state index contributed by atoms with van der Waals surface area (Å²) >= 11 is 3.09. The Morgan fingerprint density at radius 2 is 2.11 bits per heavy atom. The average Bonchev–Trinajstić information content (AvgIpc) is 3.31. The van der Waals surface area contributed by atoms with Gasteiger partial charge >= 0.3 is 0 Å². The van der Waals surface area contributed by atoms with Gasteiger partial charge in [-0.15, -0.1) is 22.7 Å². The third-order valence-corrected chi connectivity index (χ3v) is 6.79. The number of hydrogen-bond acceptors (Lipinski definition) is 6. The number of carbonyl (C=O) groups excluding carboxylic acids is 2. The van der Waals surface area contributed by atoms with Gasteiger partial charge < -0.3 is 10.6 Å². The summed E-state index contributed by atoms with van der Waals surface area (Å²) in [4.78, 5) is 33.0. The molecule has 0 radical (unpaired) electrons. The number of aromatic nitrogens is 1. The summed E-state index contributed by atoms with van der Waals surface area (Å²) in [6.07, 6.45) is 2.68. The molecule has 1 aliphatic heterocycles. The van der Waals surface area contributed by atoms with E-state index in [4.69, 9.17) is 0 Å². The number of piperidine rings is 1. The van der Waals surface area contributed by atoms with Crippen molar-refractivity contribution in [1.29, 1.82) is 0 Å². The number of thiazole rings is 1. The van der Waals surface area contributed by atoms with Crippen LogP contribution in [0.1, 0.15) is 41.6 Å². The lowest BCUT2D eigenvalue weighted by molar-refractivity contribution is -0.122. The van der Waals surface area contributed by atoms with Crippen LogP contribution in [0.15, 0.2) is 17.5 Å². The monoisotopic (exact) mass is 406 g/mol. The van der Waals surface area contributed by atoms with E-state index in [0.29, 0.717) is 11.4 Å². The molecule has 0 spiro atoms. The van der Waals surface area contributed by atoms with E-state index >= 15 is 0 Å². The second-order valence-electron chi connectivity index (χ2n) is 6.78. The molecule has 1 aliphatic rings. The number of nitrogens with zero attached hydrogens (tertiary/aromatic N) is 2. The molecule has 0 atom stereocenters. The molecule has 2 aromatic rings. The lowest BCUT2D eigenvalue weighted by Gasteiger charge is -2.31. The van der Waals surface area contributed by atoms with Gasteiger partial charge in [0.1, 0.15) is 9.88 Å². The van der Waals surface area contributed by atoms with E-state index < -0.39 is 0 Å². The van der Waals surface area contributed by atoms with Gasteiger partial charge in [-0.3, -0.25) is 14.5 Å². The molecule has 1 saturated heterocycles. The Hall–Kier alpha value is -1.77. The standard InChI is InChI=1S/C19H26N4O2S2/c1-3-8-20-16(24)12-23-9-6-14(7-10-23)22-18(25)17-13(2)21-19(27-17)15-5-4-11-26-15/h4-5,11,14H,3,6-10,12H2,1-2H3,(H,20,24)(H,22,25). The van der Waals surface area contributed by atoms with Gasteiger partial charge in [-0.1, -0.05) is 13.0 Å².